The van der Waals surface area contributed by atoms with Crippen LogP contribution >= 0.6 is 0 Å². The maximum absolute atomic E-state index is 12.5. The van der Waals surface area contributed by atoms with E-state index in [-0.39, 0.29) is 29.6 Å². The van der Waals surface area contributed by atoms with Crippen molar-refractivity contribution < 1.29 is 9.90 Å². The lowest BCUT2D eigenvalue weighted by Crippen LogP contribution is -2.31. The highest BCUT2D eigenvalue weighted by Crippen LogP contribution is 2.26. The van der Waals surface area contributed by atoms with E-state index in [4.69, 9.17) is 0 Å². The first-order valence-corrected chi connectivity index (χ1v) is 8.46. The first-order valence-electron chi connectivity index (χ1n) is 8.46. The van der Waals surface area contributed by atoms with Gasteiger partial charge in [-0.05, 0) is 24.1 Å². The fourth-order valence-corrected chi connectivity index (χ4v) is 3.46. The number of nitrogens with zero attached hydrogens (tertiary/aromatic N) is 3. The molecule has 2 aromatic heterocycles. The number of rotatable bonds is 3. The molecular weight excluding hydrogens is 332 g/mol. The van der Waals surface area contributed by atoms with Crippen LogP contribution < -0.4 is 5.56 Å². The monoisotopic (exact) mass is 350 g/mol. The van der Waals surface area contributed by atoms with Gasteiger partial charge in [0, 0.05) is 36.8 Å². The number of aliphatic hydroxyl groups excluding tert-OH is 1. The van der Waals surface area contributed by atoms with E-state index in [1.54, 1.807) is 11.1 Å². The van der Waals surface area contributed by atoms with E-state index in [0.29, 0.717) is 13.0 Å². The predicted molar refractivity (Wildman–Crippen MR) is 95.7 cm³/mol. The molecule has 1 aromatic carbocycles. The molecule has 7 nitrogen and oxygen atoms in total. The number of pyridine rings is 1. The normalized spacial score (nSPS) is 19.8. The molecule has 0 bridgehead atoms. The van der Waals surface area contributed by atoms with Crippen LogP contribution in [0.1, 0.15) is 16.1 Å². The van der Waals surface area contributed by atoms with Crippen molar-refractivity contribution in [3.05, 3.63) is 70.5 Å². The molecule has 0 saturated carbocycles. The van der Waals surface area contributed by atoms with Crippen molar-refractivity contribution in [1.29, 1.82) is 0 Å². The van der Waals surface area contributed by atoms with Crippen LogP contribution in [0.3, 0.4) is 0 Å². The molecule has 1 fully saturated rings. The Kier molecular flexibility index (Phi) is 4.22. The van der Waals surface area contributed by atoms with Crippen LogP contribution in [0.2, 0.25) is 0 Å². The van der Waals surface area contributed by atoms with Gasteiger partial charge >= 0.3 is 0 Å². The Morgan fingerprint density at radius 1 is 1.23 bits per heavy atom. The molecule has 2 atom stereocenters. The van der Waals surface area contributed by atoms with Crippen LogP contribution in [0.4, 0.5) is 0 Å². The fourth-order valence-electron chi connectivity index (χ4n) is 3.46. The number of carbonyl (C=O) groups is 1. The summed E-state index contributed by atoms with van der Waals surface area (Å²) in [6.45, 7) is 0.699. The number of amides is 1. The molecule has 3 aromatic rings. The number of H-pyrrole nitrogens is 1. The second-order valence-corrected chi connectivity index (χ2v) is 6.53. The summed E-state index contributed by atoms with van der Waals surface area (Å²) in [4.78, 5) is 35.9. The number of hydrogen-bond acceptors (Lipinski definition) is 5. The summed E-state index contributed by atoms with van der Waals surface area (Å²) in [5.41, 5.74) is 1.84. The zero-order chi connectivity index (χ0) is 18.1. The number of para-hydroxylation sites is 1. The van der Waals surface area contributed by atoms with Crippen LogP contribution in [0.25, 0.3) is 10.9 Å². The summed E-state index contributed by atoms with van der Waals surface area (Å²) in [6.07, 6.45) is 4.22. The van der Waals surface area contributed by atoms with Crippen LogP contribution in [-0.2, 0) is 6.42 Å². The number of benzene rings is 1. The smallest absolute Gasteiger partial charge is 0.274 e. The molecule has 26 heavy (non-hydrogen) atoms. The van der Waals surface area contributed by atoms with Gasteiger partial charge < -0.3 is 15.0 Å². The van der Waals surface area contributed by atoms with Gasteiger partial charge in [0.15, 0.2) is 0 Å². The molecule has 4 rings (SSSR count). The predicted octanol–water partition coefficient (Wildman–Crippen LogP) is 0.994. The third kappa shape index (κ3) is 3.09. The van der Waals surface area contributed by atoms with E-state index >= 15 is 0 Å². The zero-order valence-corrected chi connectivity index (χ0v) is 14.0. The maximum Gasteiger partial charge on any atom is 0.274 e. The van der Waals surface area contributed by atoms with Crippen LogP contribution in [0, 0.1) is 5.92 Å². The quantitative estimate of drug-likeness (QED) is 0.734. The Hall–Kier alpha value is -3.06. The third-order valence-electron chi connectivity index (χ3n) is 4.81. The lowest BCUT2D eigenvalue weighted by atomic mass is 9.94. The van der Waals surface area contributed by atoms with E-state index in [2.05, 4.69) is 15.0 Å². The van der Waals surface area contributed by atoms with Crippen molar-refractivity contribution in [1.82, 2.24) is 19.9 Å². The summed E-state index contributed by atoms with van der Waals surface area (Å²) in [5, 5.41) is 11.5. The van der Waals surface area contributed by atoms with E-state index in [1.165, 1.54) is 6.20 Å². The van der Waals surface area contributed by atoms with E-state index in [9.17, 15) is 14.7 Å². The van der Waals surface area contributed by atoms with Crippen molar-refractivity contribution in [3.63, 3.8) is 0 Å². The number of carbonyl (C=O) groups excluding carboxylic acids is 1. The van der Waals surface area contributed by atoms with E-state index < -0.39 is 6.10 Å². The lowest BCUT2D eigenvalue weighted by Gasteiger charge is -2.16. The van der Waals surface area contributed by atoms with Gasteiger partial charge in [-0.25, -0.2) is 4.98 Å². The fraction of sp³-hybridized carbons (Fsp3) is 0.263. The minimum absolute atomic E-state index is 0.0625. The molecule has 2 N–H and O–H groups in total. The van der Waals surface area contributed by atoms with Gasteiger partial charge in [0.2, 0.25) is 0 Å². The van der Waals surface area contributed by atoms with Gasteiger partial charge in [-0.3, -0.25) is 14.6 Å². The summed E-state index contributed by atoms with van der Waals surface area (Å²) in [7, 11) is 0. The standard InChI is InChI=1S/C19H18N4O3/c24-17-11-23(19(26)16-8-22-18(25)9-21-16)10-13(17)7-12-5-6-20-15-4-2-1-3-14(12)15/h1-6,8-9,13,17,24H,7,10-11H2,(H,22,25)/t13-,17+/m1/s1. The molecule has 132 valence electrons. The summed E-state index contributed by atoms with van der Waals surface area (Å²) < 4.78 is 0. The topological polar surface area (TPSA) is 99.2 Å². The first kappa shape index (κ1) is 16.4. The molecule has 7 heteroatoms. The van der Waals surface area contributed by atoms with Crippen molar-refractivity contribution in [2.24, 2.45) is 5.92 Å². The van der Waals surface area contributed by atoms with Gasteiger partial charge in [0.25, 0.3) is 11.5 Å². The number of likely N-dealkylation sites (tertiary alicyclic amines) is 1. The maximum atomic E-state index is 12.5. The highest BCUT2D eigenvalue weighted by molar-refractivity contribution is 5.92. The molecule has 0 radical (unpaired) electrons. The van der Waals surface area contributed by atoms with Crippen molar-refractivity contribution in [2.75, 3.05) is 13.1 Å². The van der Waals surface area contributed by atoms with Crippen molar-refractivity contribution >= 4 is 16.8 Å². The first-order chi connectivity index (χ1) is 12.6. The average Bonchev–Trinajstić information content (AvgIpc) is 3.03. The van der Waals surface area contributed by atoms with Gasteiger partial charge in [-0.2, -0.15) is 0 Å². The number of β-amino-alcohol motifs (C(OH)–C–C–N with tert-alkyl or cyclic N) is 1. The molecule has 0 aliphatic carbocycles. The number of fused-ring (bicyclic) bond motifs is 1. The number of aromatic nitrogens is 3. The molecule has 1 amide bonds. The van der Waals surface area contributed by atoms with Gasteiger partial charge in [-0.1, -0.05) is 18.2 Å². The Bertz CT molecular complexity index is 991. The molecule has 0 unspecified atom stereocenters. The van der Waals surface area contributed by atoms with Gasteiger partial charge in [-0.15, -0.1) is 0 Å². The second-order valence-electron chi connectivity index (χ2n) is 6.53. The minimum atomic E-state index is -0.603. The summed E-state index contributed by atoms with van der Waals surface area (Å²) in [6, 6.07) is 9.86. The van der Waals surface area contributed by atoms with E-state index in [1.807, 2.05) is 30.3 Å². The van der Waals surface area contributed by atoms with Crippen LogP contribution in [0.5, 0.6) is 0 Å². The van der Waals surface area contributed by atoms with Gasteiger partial charge in [0.05, 0.1) is 17.8 Å². The number of aliphatic hydroxyl groups is 1. The summed E-state index contributed by atoms with van der Waals surface area (Å²) >= 11 is 0. The highest BCUT2D eigenvalue weighted by Gasteiger charge is 2.35. The molecule has 3 heterocycles. The van der Waals surface area contributed by atoms with Crippen molar-refractivity contribution in [3.8, 4) is 0 Å². The highest BCUT2D eigenvalue weighted by atomic mass is 16.3. The molecule has 1 aliphatic rings. The summed E-state index contributed by atoms with van der Waals surface area (Å²) in [5.74, 6) is -0.352. The Morgan fingerprint density at radius 3 is 2.88 bits per heavy atom. The van der Waals surface area contributed by atoms with Crippen LogP contribution in [0.15, 0.2) is 53.7 Å². The number of hydrogen-bond donors (Lipinski definition) is 2. The minimum Gasteiger partial charge on any atom is -0.391 e. The Labute approximate surface area is 149 Å². The van der Waals surface area contributed by atoms with Gasteiger partial charge in [0.1, 0.15) is 5.69 Å². The van der Waals surface area contributed by atoms with Crippen LogP contribution in [-0.4, -0.2) is 50.1 Å². The molecule has 1 aliphatic heterocycles. The molecular formula is C19H18N4O3. The number of nitrogens with one attached hydrogen (secondary N) is 1. The Morgan fingerprint density at radius 2 is 2.08 bits per heavy atom. The molecule has 1 saturated heterocycles. The second kappa shape index (κ2) is 6.68. The Balaban J connectivity index is 1.52. The van der Waals surface area contributed by atoms with E-state index in [0.717, 1.165) is 22.7 Å². The number of aromatic amines is 1. The average molecular weight is 350 g/mol. The third-order valence-corrected chi connectivity index (χ3v) is 4.81. The van der Waals surface area contributed by atoms with Crippen molar-refractivity contribution in [2.45, 2.75) is 12.5 Å². The molecule has 0 spiro atoms. The SMILES string of the molecule is O=C(c1c[nH]c(=O)cn1)N1C[C@@H](Cc2ccnc3ccccc23)[C@@H](O)C1. The largest absolute Gasteiger partial charge is 0.391 e. The zero-order valence-electron chi connectivity index (χ0n) is 14.0. The lowest BCUT2D eigenvalue weighted by molar-refractivity contribution is 0.0758.